The van der Waals surface area contributed by atoms with Crippen LogP contribution in [-0.4, -0.2) is 38.3 Å². The Morgan fingerprint density at radius 1 is 1.00 bits per heavy atom. The second kappa shape index (κ2) is 8.54. The Morgan fingerprint density at radius 2 is 1.70 bits per heavy atom. The SMILES string of the molecule is Cc1ccc(NC(=O)CNc2ccccc2)cc1S(=O)(=O)N1CCCCC1. The van der Waals surface area contributed by atoms with Crippen molar-refractivity contribution in [2.24, 2.45) is 0 Å². The lowest BCUT2D eigenvalue weighted by atomic mass is 10.2. The summed E-state index contributed by atoms with van der Waals surface area (Å²) in [4.78, 5) is 12.5. The van der Waals surface area contributed by atoms with Gasteiger partial charge in [0.1, 0.15) is 0 Å². The van der Waals surface area contributed by atoms with E-state index in [1.165, 1.54) is 0 Å². The number of anilines is 2. The number of nitrogens with zero attached hydrogens (tertiary/aromatic N) is 1. The smallest absolute Gasteiger partial charge is 0.243 e. The van der Waals surface area contributed by atoms with Crippen LogP contribution in [0.5, 0.6) is 0 Å². The van der Waals surface area contributed by atoms with Gasteiger partial charge in [0.25, 0.3) is 0 Å². The number of piperidine rings is 1. The summed E-state index contributed by atoms with van der Waals surface area (Å²) in [5.74, 6) is -0.232. The lowest BCUT2D eigenvalue weighted by Crippen LogP contribution is -2.36. The third kappa shape index (κ3) is 4.87. The summed E-state index contributed by atoms with van der Waals surface area (Å²) >= 11 is 0. The third-order valence-electron chi connectivity index (χ3n) is 4.63. The highest BCUT2D eigenvalue weighted by atomic mass is 32.2. The third-order valence-corrected chi connectivity index (χ3v) is 6.67. The molecule has 2 aromatic carbocycles. The van der Waals surface area contributed by atoms with E-state index < -0.39 is 10.0 Å². The molecule has 1 amide bonds. The number of aryl methyl sites for hydroxylation is 1. The maximum absolute atomic E-state index is 13.0. The van der Waals surface area contributed by atoms with Crippen LogP contribution in [0.15, 0.2) is 53.4 Å². The number of hydrogen-bond acceptors (Lipinski definition) is 4. The van der Waals surface area contributed by atoms with Gasteiger partial charge in [0, 0.05) is 24.5 Å². The van der Waals surface area contributed by atoms with Gasteiger partial charge in [0.15, 0.2) is 0 Å². The van der Waals surface area contributed by atoms with Crippen molar-refractivity contribution >= 4 is 27.3 Å². The van der Waals surface area contributed by atoms with Crippen LogP contribution in [0.2, 0.25) is 0 Å². The van der Waals surface area contributed by atoms with Gasteiger partial charge in [-0.3, -0.25) is 4.79 Å². The van der Waals surface area contributed by atoms with E-state index in [4.69, 9.17) is 0 Å². The molecule has 7 heteroatoms. The number of para-hydroxylation sites is 1. The summed E-state index contributed by atoms with van der Waals surface area (Å²) in [5, 5.41) is 5.80. The number of amides is 1. The van der Waals surface area contributed by atoms with E-state index in [0.717, 1.165) is 24.9 Å². The molecule has 0 radical (unpaired) electrons. The van der Waals surface area contributed by atoms with Crippen LogP contribution in [0.25, 0.3) is 0 Å². The normalized spacial score (nSPS) is 15.3. The van der Waals surface area contributed by atoms with Crippen LogP contribution in [-0.2, 0) is 14.8 Å². The summed E-state index contributed by atoms with van der Waals surface area (Å²) in [5.41, 5.74) is 2.02. The minimum absolute atomic E-state index is 0.103. The van der Waals surface area contributed by atoms with Crippen LogP contribution >= 0.6 is 0 Å². The standard InChI is InChI=1S/C20H25N3O3S/c1-16-10-11-18(22-20(24)15-21-17-8-4-2-5-9-17)14-19(16)27(25,26)23-12-6-3-7-13-23/h2,4-5,8-11,14,21H,3,6-7,12-13,15H2,1H3,(H,22,24). The number of sulfonamides is 1. The Morgan fingerprint density at radius 3 is 2.41 bits per heavy atom. The quantitative estimate of drug-likeness (QED) is 0.798. The van der Waals surface area contributed by atoms with Crippen molar-refractivity contribution in [3.63, 3.8) is 0 Å². The molecule has 1 aliphatic heterocycles. The highest BCUT2D eigenvalue weighted by Gasteiger charge is 2.27. The minimum atomic E-state index is -3.54. The number of carbonyl (C=O) groups is 1. The highest BCUT2D eigenvalue weighted by Crippen LogP contribution is 2.26. The van der Waals surface area contributed by atoms with Crippen molar-refractivity contribution in [3.8, 4) is 0 Å². The van der Waals surface area contributed by atoms with E-state index in [2.05, 4.69) is 10.6 Å². The van der Waals surface area contributed by atoms with Gasteiger partial charge in [-0.15, -0.1) is 0 Å². The van der Waals surface area contributed by atoms with E-state index >= 15 is 0 Å². The molecule has 0 bridgehead atoms. The molecule has 2 aromatic rings. The molecule has 144 valence electrons. The van der Waals surface area contributed by atoms with Gasteiger partial charge in [-0.25, -0.2) is 8.42 Å². The largest absolute Gasteiger partial charge is 0.376 e. The van der Waals surface area contributed by atoms with Crippen molar-refractivity contribution in [2.45, 2.75) is 31.1 Å². The van der Waals surface area contributed by atoms with Gasteiger partial charge in [-0.1, -0.05) is 30.7 Å². The maximum atomic E-state index is 13.0. The summed E-state index contributed by atoms with van der Waals surface area (Å²) in [6.45, 7) is 2.99. The van der Waals surface area contributed by atoms with Gasteiger partial charge < -0.3 is 10.6 Å². The first-order chi connectivity index (χ1) is 13.0. The molecule has 0 aliphatic carbocycles. The second-order valence-electron chi connectivity index (χ2n) is 6.71. The summed E-state index contributed by atoms with van der Waals surface area (Å²) in [6.07, 6.45) is 2.84. The predicted molar refractivity (Wildman–Crippen MR) is 107 cm³/mol. The van der Waals surface area contributed by atoms with Gasteiger partial charge in [-0.2, -0.15) is 4.31 Å². The molecule has 0 unspecified atom stereocenters. The van der Waals surface area contributed by atoms with Gasteiger partial charge in [-0.05, 0) is 49.6 Å². The number of rotatable bonds is 6. The highest BCUT2D eigenvalue weighted by molar-refractivity contribution is 7.89. The lowest BCUT2D eigenvalue weighted by molar-refractivity contribution is -0.114. The monoisotopic (exact) mass is 387 g/mol. The number of nitrogens with one attached hydrogen (secondary N) is 2. The summed E-state index contributed by atoms with van der Waals surface area (Å²) in [6, 6.07) is 14.4. The van der Waals surface area contributed by atoms with Crippen molar-refractivity contribution in [3.05, 3.63) is 54.1 Å². The van der Waals surface area contributed by atoms with Crippen LogP contribution in [0.1, 0.15) is 24.8 Å². The van der Waals surface area contributed by atoms with Gasteiger partial charge in [0.2, 0.25) is 15.9 Å². The molecule has 0 spiro atoms. The molecule has 1 heterocycles. The van der Waals surface area contributed by atoms with Crippen molar-refractivity contribution in [2.75, 3.05) is 30.3 Å². The first kappa shape index (κ1) is 19.4. The minimum Gasteiger partial charge on any atom is -0.376 e. The molecule has 1 saturated heterocycles. The van der Waals surface area contributed by atoms with E-state index in [0.29, 0.717) is 24.3 Å². The molecule has 3 rings (SSSR count). The van der Waals surface area contributed by atoms with Crippen molar-refractivity contribution in [1.29, 1.82) is 0 Å². The molecule has 0 aromatic heterocycles. The molecular formula is C20H25N3O3S. The number of hydrogen-bond donors (Lipinski definition) is 2. The molecule has 1 fully saturated rings. The fraction of sp³-hybridized carbons (Fsp3) is 0.350. The van der Waals surface area contributed by atoms with Crippen LogP contribution in [0.4, 0.5) is 11.4 Å². The van der Waals surface area contributed by atoms with Crippen LogP contribution in [0.3, 0.4) is 0 Å². The average molecular weight is 388 g/mol. The summed E-state index contributed by atoms with van der Waals surface area (Å²) in [7, 11) is -3.54. The van der Waals surface area contributed by atoms with Crippen LogP contribution < -0.4 is 10.6 Å². The van der Waals surface area contributed by atoms with Gasteiger partial charge in [0.05, 0.1) is 11.4 Å². The average Bonchev–Trinajstić information content (AvgIpc) is 2.69. The fourth-order valence-electron chi connectivity index (χ4n) is 3.14. The first-order valence-electron chi connectivity index (χ1n) is 9.16. The Bertz CT molecular complexity index is 892. The van der Waals surface area contributed by atoms with Crippen molar-refractivity contribution in [1.82, 2.24) is 4.31 Å². The zero-order chi connectivity index (χ0) is 19.3. The van der Waals surface area contributed by atoms with E-state index in [-0.39, 0.29) is 17.3 Å². The van der Waals surface area contributed by atoms with Crippen molar-refractivity contribution < 1.29 is 13.2 Å². The fourth-order valence-corrected chi connectivity index (χ4v) is 4.91. The maximum Gasteiger partial charge on any atom is 0.243 e. The van der Waals surface area contributed by atoms with E-state index in [1.807, 2.05) is 30.3 Å². The molecule has 27 heavy (non-hydrogen) atoms. The first-order valence-corrected chi connectivity index (χ1v) is 10.6. The molecular weight excluding hydrogens is 362 g/mol. The molecule has 6 nitrogen and oxygen atoms in total. The summed E-state index contributed by atoms with van der Waals surface area (Å²) < 4.78 is 27.5. The topological polar surface area (TPSA) is 78.5 Å². The number of benzene rings is 2. The lowest BCUT2D eigenvalue weighted by Gasteiger charge is -2.26. The zero-order valence-corrected chi connectivity index (χ0v) is 16.3. The number of carbonyl (C=O) groups excluding carboxylic acids is 1. The Labute approximate surface area is 160 Å². The van der Waals surface area contributed by atoms with E-state index in [1.54, 1.807) is 29.4 Å². The van der Waals surface area contributed by atoms with Gasteiger partial charge >= 0.3 is 0 Å². The van der Waals surface area contributed by atoms with E-state index in [9.17, 15) is 13.2 Å². The molecule has 2 N–H and O–H groups in total. The molecule has 0 atom stereocenters. The molecule has 0 saturated carbocycles. The van der Waals surface area contributed by atoms with Crippen LogP contribution in [0, 0.1) is 6.92 Å². The predicted octanol–water partition coefficient (Wildman–Crippen LogP) is 3.22. The Kier molecular flexibility index (Phi) is 6.13. The Hall–Kier alpha value is -2.38. The molecule has 1 aliphatic rings. The zero-order valence-electron chi connectivity index (χ0n) is 15.4. The Balaban J connectivity index is 1.70. The second-order valence-corrected chi connectivity index (χ2v) is 8.62.